The van der Waals surface area contributed by atoms with E-state index in [-0.39, 0.29) is 11.6 Å². The maximum absolute atomic E-state index is 10.7. The number of aromatic nitrogens is 2. The van der Waals surface area contributed by atoms with Crippen molar-refractivity contribution in [3.63, 3.8) is 0 Å². The molecule has 2 rings (SSSR count). The lowest BCUT2D eigenvalue weighted by Crippen LogP contribution is -2.05. The number of nitro groups is 1. The summed E-state index contributed by atoms with van der Waals surface area (Å²) in [4.78, 5) is 19.0. The third kappa shape index (κ3) is 4.25. The number of aryl methyl sites for hydroxylation is 1. The zero-order valence-electron chi connectivity index (χ0n) is 13.7. The van der Waals surface area contributed by atoms with Crippen LogP contribution in [0.3, 0.4) is 0 Å². The Bertz CT molecular complexity index is 683. The molecule has 122 valence electrons. The Kier molecular flexibility index (Phi) is 5.26. The van der Waals surface area contributed by atoms with Crippen molar-refractivity contribution in [2.75, 3.05) is 5.73 Å². The van der Waals surface area contributed by atoms with Gasteiger partial charge in [0, 0.05) is 17.5 Å². The van der Waals surface area contributed by atoms with E-state index in [0.29, 0.717) is 11.6 Å². The van der Waals surface area contributed by atoms with Crippen molar-refractivity contribution in [1.82, 2.24) is 9.97 Å². The van der Waals surface area contributed by atoms with Crippen molar-refractivity contribution in [3.8, 4) is 0 Å². The predicted molar refractivity (Wildman–Crippen MR) is 90.4 cm³/mol. The highest BCUT2D eigenvalue weighted by atomic mass is 16.6. The molecule has 2 heterocycles. The summed E-state index contributed by atoms with van der Waals surface area (Å²) in [5.74, 6) is 0.544. The Labute approximate surface area is 135 Å². The van der Waals surface area contributed by atoms with E-state index in [1.807, 2.05) is 12.1 Å². The van der Waals surface area contributed by atoms with Gasteiger partial charge in [-0.15, -0.1) is 0 Å². The molecule has 0 radical (unpaired) electrons. The Morgan fingerprint density at radius 3 is 2.43 bits per heavy atom. The van der Waals surface area contributed by atoms with Crippen LogP contribution in [-0.2, 0) is 6.42 Å². The monoisotopic (exact) mass is 314 g/mol. The van der Waals surface area contributed by atoms with Gasteiger partial charge in [-0.05, 0) is 42.9 Å². The lowest BCUT2D eigenvalue weighted by atomic mass is 9.98. The van der Waals surface area contributed by atoms with Gasteiger partial charge in [0.2, 0.25) is 0 Å². The standard InChI is InChI=1S/C17H22N4O2/c1-11(2)15-9-6-14(18)17(20-15)7-4-12(3)16-8-5-13(10-19-16)21(22)23/h5-6,8-12H,4,7,18H2,1-3H3. The second kappa shape index (κ2) is 7.17. The maximum Gasteiger partial charge on any atom is 0.287 e. The second-order valence-corrected chi connectivity index (χ2v) is 6.06. The van der Waals surface area contributed by atoms with Crippen molar-refractivity contribution < 1.29 is 4.92 Å². The van der Waals surface area contributed by atoms with E-state index < -0.39 is 4.92 Å². The van der Waals surface area contributed by atoms with Crippen LogP contribution in [0.25, 0.3) is 0 Å². The van der Waals surface area contributed by atoms with Crippen LogP contribution in [0.15, 0.2) is 30.5 Å². The topological polar surface area (TPSA) is 94.9 Å². The molecular formula is C17H22N4O2. The average Bonchev–Trinajstić information content (AvgIpc) is 2.53. The SMILES string of the molecule is CC(C)c1ccc(N)c(CCC(C)c2ccc([N+](=O)[O-])cn2)n1. The van der Waals surface area contributed by atoms with Crippen LogP contribution in [0.4, 0.5) is 11.4 Å². The van der Waals surface area contributed by atoms with Crippen LogP contribution in [-0.4, -0.2) is 14.9 Å². The van der Waals surface area contributed by atoms with Gasteiger partial charge in [0.15, 0.2) is 0 Å². The number of hydrogen-bond acceptors (Lipinski definition) is 5. The van der Waals surface area contributed by atoms with Gasteiger partial charge in [0.25, 0.3) is 5.69 Å². The van der Waals surface area contributed by atoms with Crippen molar-refractivity contribution >= 4 is 11.4 Å². The first kappa shape index (κ1) is 16.9. The van der Waals surface area contributed by atoms with Crippen LogP contribution in [0.1, 0.15) is 56.1 Å². The van der Waals surface area contributed by atoms with E-state index >= 15 is 0 Å². The zero-order valence-corrected chi connectivity index (χ0v) is 13.7. The van der Waals surface area contributed by atoms with Crippen LogP contribution >= 0.6 is 0 Å². The minimum absolute atomic E-state index is 0.0106. The van der Waals surface area contributed by atoms with Gasteiger partial charge in [-0.25, -0.2) is 0 Å². The van der Waals surface area contributed by atoms with E-state index in [1.54, 1.807) is 6.07 Å². The molecule has 2 aromatic rings. The molecule has 6 nitrogen and oxygen atoms in total. The normalized spacial score (nSPS) is 12.3. The molecular weight excluding hydrogens is 292 g/mol. The molecule has 23 heavy (non-hydrogen) atoms. The summed E-state index contributed by atoms with van der Waals surface area (Å²) in [5, 5.41) is 10.7. The molecule has 0 saturated heterocycles. The summed E-state index contributed by atoms with van der Waals surface area (Å²) in [6, 6.07) is 7.08. The van der Waals surface area contributed by atoms with Gasteiger partial charge < -0.3 is 5.73 Å². The van der Waals surface area contributed by atoms with E-state index in [0.717, 1.165) is 29.9 Å². The number of pyridine rings is 2. The average molecular weight is 314 g/mol. The molecule has 0 fully saturated rings. The molecule has 0 aliphatic heterocycles. The first-order valence-electron chi connectivity index (χ1n) is 7.74. The second-order valence-electron chi connectivity index (χ2n) is 6.06. The van der Waals surface area contributed by atoms with E-state index in [1.165, 1.54) is 12.3 Å². The largest absolute Gasteiger partial charge is 0.397 e. The molecule has 0 amide bonds. The van der Waals surface area contributed by atoms with Crippen molar-refractivity contribution in [3.05, 3.63) is 57.7 Å². The van der Waals surface area contributed by atoms with Crippen LogP contribution in [0, 0.1) is 10.1 Å². The molecule has 0 saturated carbocycles. The van der Waals surface area contributed by atoms with Crippen molar-refractivity contribution in [1.29, 1.82) is 0 Å². The number of hydrogen-bond donors (Lipinski definition) is 1. The van der Waals surface area contributed by atoms with Crippen molar-refractivity contribution in [2.24, 2.45) is 0 Å². The summed E-state index contributed by atoms with van der Waals surface area (Å²) in [6.45, 7) is 6.26. The Hall–Kier alpha value is -2.50. The lowest BCUT2D eigenvalue weighted by Gasteiger charge is -2.13. The summed E-state index contributed by atoms with van der Waals surface area (Å²) in [6.07, 6.45) is 2.90. The Morgan fingerprint density at radius 1 is 1.17 bits per heavy atom. The Morgan fingerprint density at radius 2 is 1.87 bits per heavy atom. The van der Waals surface area contributed by atoms with E-state index in [9.17, 15) is 10.1 Å². The molecule has 0 aliphatic rings. The molecule has 0 spiro atoms. The first-order chi connectivity index (χ1) is 10.9. The third-order valence-electron chi connectivity index (χ3n) is 3.92. The summed E-state index contributed by atoms with van der Waals surface area (Å²) in [5.41, 5.74) is 9.52. The number of nitrogens with two attached hydrogens (primary N) is 1. The first-order valence-corrected chi connectivity index (χ1v) is 7.74. The maximum atomic E-state index is 10.7. The van der Waals surface area contributed by atoms with E-state index in [2.05, 4.69) is 30.7 Å². The van der Waals surface area contributed by atoms with Gasteiger partial charge in [0.1, 0.15) is 6.20 Å². The number of nitrogens with zero attached hydrogens (tertiary/aromatic N) is 3. The summed E-state index contributed by atoms with van der Waals surface area (Å²) < 4.78 is 0. The fourth-order valence-electron chi connectivity index (χ4n) is 2.35. The fourth-order valence-corrected chi connectivity index (χ4v) is 2.35. The van der Waals surface area contributed by atoms with Crippen LogP contribution in [0.5, 0.6) is 0 Å². The van der Waals surface area contributed by atoms with Crippen molar-refractivity contribution in [2.45, 2.75) is 45.4 Å². The van der Waals surface area contributed by atoms with Crippen LogP contribution in [0.2, 0.25) is 0 Å². The molecule has 0 aromatic carbocycles. The van der Waals surface area contributed by atoms with Gasteiger partial charge in [-0.3, -0.25) is 20.1 Å². The predicted octanol–water partition coefficient (Wildman–Crippen LogP) is 3.83. The minimum Gasteiger partial charge on any atom is -0.397 e. The van der Waals surface area contributed by atoms with Gasteiger partial charge in [-0.2, -0.15) is 0 Å². The highest BCUT2D eigenvalue weighted by Crippen LogP contribution is 2.23. The van der Waals surface area contributed by atoms with Crippen LogP contribution < -0.4 is 5.73 Å². The molecule has 0 aliphatic carbocycles. The quantitative estimate of drug-likeness (QED) is 0.646. The highest BCUT2D eigenvalue weighted by molar-refractivity contribution is 5.43. The lowest BCUT2D eigenvalue weighted by molar-refractivity contribution is -0.385. The molecule has 0 bridgehead atoms. The fraction of sp³-hybridized carbons (Fsp3) is 0.412. The summed E-state index contributed by atoms with van der Waals surface area (Å²) in [7, 11) is 0. The third-order valence-corrected chi connectivity index (χ3v) is 3.92. The number of rotatable bonds is 6. The summed E-state index contributed by atoms with van der Waals surface area (Å²) >= 11 is 0. The smallest absolute Gasteiger partial charge is 0.287 e. The Balaban J connectivity index is 2.05. The number of nitrogen functional groups attached to an aromatic ring is 1. The van der Waals surface area contributed by atoms with Gasteiger partial charge in [0.05, 0.1) is 16.3 Å². The van der Waals surface area contributed by atoms with E-state index in [4.69, 9.17) is 5.73 Å². The molecule has 1 unspecified atom stereocenters. The molecule has 6 heteroatoms. The molecule has 2 N–H and O–H groups in total. The van der Waals surface area contributed by atoms with Gasteiger partial charge in [-0.1, -0.05) is 20.8 Å². The highest BCUT2D eigenvalue weighted by Gasteiger charge is 2.13. The number of anilines is 1. The minimum atomic E-state index is -0.441. The van der Waals surface area contributed by atoms with Gasteiger partial charge >= 0.3 is 0 Å². The zero-order chi connectivity index (χ0) is 17.0. The molecule has 2 aromatic heterocycles. The molecule has 1 atom stereocenters.